The Morgan fingerprint density at radius 1 is 1.62 bits per heavy atom. The van der Waals surface area contributed by atoms with Crippen molar-refractivity contribution in [2.75, 3.05) is 14.2 Å². The van der Waals surface area contributed by atoms with Gasteiger partial charge in [0.25, 0.3) is 5.91 Å². The molecule has 0 spiro atoms. The first-order chi connectivity index (χ1) is 6.25. The summed E-state index contributed by atoms with van der Waals surface area (Å²) in [5, 5.41) is 0. The summed E-state index contributed by atoms with van der Waals surface area (Å²) < 4.78 is 5.16. The SMILES string of the molecule is COC1c2ncccc2C(=O)N1C. The third kappa shape index (κ3) is 1.02. The fraction of sp³-hybridized carbons (Fsp3) is 0.333. The van der Waals surface area contributed by atoms with Gasteiger partial charge in [-0.1, -0.05) is 0 Å². The van der Waals surface area contributed by atoms with Crippen LogP contribution in [0.5, 0.6) is 0 Å². The Hall–Kier alpha value is -1.42. The van der Waals surface area contributed by atoms with Gasteiger partial charge in [-0.2, -0.15) is 0 Å². The van der Waals surface area contributed by atoms with E-state index in [1.165, 1.54) is 4.90 Å². The van der Waals surface area contributed by atoms with Crippen LogP contribution in [0.2, 0.25) is 0 Å². The second-order valence-electron chi connectivity index (χ2n) is 2.94. The van der Waals surface area contributed by atoms with Crippen molar-refractivity contribution in [1.82, 2.24) is 9.88 Å². The minimum Gasteiger partial charge on any atom is -0.355 e. The Bertz CT molecular complexity index is 351. The van der Waals surface area contributed by atoms with E-state index >= 15 is 0 Å². The van der Waals surface area contributed by atoms with Gasteiger partial charge in [-0.25, -0.2) is 0 Å². The van der Waals surface area contributed by atoms with Crippen molar-refractivity contribution >= 4 is 5.91 Å². The van der Waals surface area contributed by atoms with E-state index in [9.17, 15) is 4.79 Å². The minimum atomic E-state index is -0.330. The summed E-state index contributed by atoms with van der Waals surface area (Å²) in [4.78, 5) is 17.2. The van der Waals surface area contributed by atoms with Crippen molar-refractivity contribution < 1.29 is 9.53 Å². The van der Waals surface area contributed by atoms with E-state index in [0.717, 1.165) is 0 Å². The molecular weight excluding hydrogens is 168 g/mol. The average Bonchev–Trinajstić information content (AvgIpc) is 2.41. The first-order valence-corrected chi connectivity index (χ1v) is 4.00. The normalized spacial score (nSPS) is 20.6. The molecule has 1 aromatic rings. The van der Waals surface area contributed by atoms with Gasteiger partial charge >= 0.3 is 0 Å². The number of rotatable bonds is 1. The van der Waals surface area contributed by atoms with Gasteiger partial charge in [0.2, 0.25) is 0 Å². The highest BCUT2D eigenvalue weighted by molar-refractivity contribution is 5.98. The van der Waals surface area contributed by atoms with Gasteiger partial charge in [-0.05, 0) is 12.1 Å². The first kappa shape index (κ1) is 8.19. The molecule has 68 valence electrons. The second kappa shape index (κ2) is 2.81. The van der Waals surface area contributed by atoms with E-state index in [2.05, 4.69) is 4.98 Å². The zero-order valence-corrected chi connectivity index (χ0v) is 7.52. The molecule has 0 N–H and O–H groups in total. The smallest absolute Gasteiger partial charge is 0.257 e. The summed E-state index contributed by atoms with van der Waals surface area (Å²) in [6.07, 6.45) is 1.33. The molecule has 0 fully saturated rings. The molecule has 0 aromatic carbocycles. The van der Waals surface area contributed by atoms with E-state index in [1.54, 1.807) is 32.5 Å². The van der Waals surface area contributed by atoms with Crippen molar-refractivity contribution in [3.8, 4) is 0 Å². The molecule has 0 saturated heterocycles. The quantitative estimate of drug-likeness (QED) is 0.639. The Balaban J connectivity index is 2.53. The topological polar surface area (TPSA) is 42.4 Å². The largest absolute Gasteiger partial charge is 0.355 e. The van der Waals surface area contributed by atoms with Crippen LogP contribution >= 0.6 is 0 Å². The van der Waals surface area contributed by atoms with Gasteiger partial charge in [-0.3, -0.25) is 9.78 Å². The number of methoxy groups -OCH3 is 1. The molecule has 0 saturated carbocycles. The molecule has 1 aliphatic heterocycles. The number of fused-ring (bicyclic) bond motifs is 1. The molecule has 1 unspecified atom stereocenters. The van der Waals surface area contributed by atoms with Gasteiger partial charge < -0.3 is 9.64 Å². The maximum Gasteiger partial charge on any atom is 0.257 e. The second-order valence-corrected chi connectivity index (χ2v) is 2.94. The van der Waals surface area contributed by atoms with Crippen LogP contribution in [0.1, 0.15) is 22.3 Å². The van der Waals surface area contributed by atoms with Crippen molar-refractivity contribution in [2.45, 2.75) is 6.23 Å². The van der Waals surface area contributed by atoms with Crippen LogP contribution < -0.4 is 0 Å². The van der Waals surface area contributed by atoms with Crippen LogP contribution in [0.25, 0.3) is 0 Å². The van der Waals surface area contributed by atoms with Crippen LogP contribution in [-0.2, 0) is 4.74 Å². The highest BCUT2D eigenvalue weighted by atomic mass is 16.5. The Morgan fingerprint density at radius 3 is 3.08 bits per heavy atom. The number of amides is 1. The molecule has 1 aliphatic rings. The number of nitrogens with zero attached hydrogens (tertiary/aromatic N) is 2. The van der Waals surface area contributed by atoms with Crippen LogP contribution in [0.15, 0.2) is 18.3 Å². The molecule has 0 bridgehead atoms. The van der Waals surface area contributed by atoms with Crippen molar-refractivity contribution in [2.24, 2.45) is 0 Å². The molecule has 2 heterocycles. The Labute approximate surface area is 76.1 Å². The number of aromatic nitrogens is 1. The van der Waals surface area contributed by atoms with E-state index in [0.29, 0.717) is 11.3 Å². The highest BCUT2D eigenvalue weighted by Crippen LogP contribution is 2.30. The van der Waals surface area contributed by atoms with E-state index in [1.807, 2.05) is 0 Å². The fourth-order valence-electron chi connectivity index (χ4n) is 1.54. The summed E-state index contributed by atoms with van der Waals surface area (Å²) in [6.45, 7) is 0. The van der Waals surface area contributed by atoms with Crippen molar-refractivity contribution in [1.29, 1.82) is 0 Å². The lowest BCUT2D eigenvalue weighted by atomic mass is 10.2. The molecule has 0 aliphatic carbocycles. The summed E-state index contributed by atoms with van der Waals surface area (Å²) in [5.41, 5.74) is 1.34. The fourth-order valence-corrected chi connectivity index (χ4v) is 1.54. The molecule has 13 heavy (non-hydrogen) atoms. The Kier molecular flexibility index (Phi) is 1.77. The molecule has 1 aromatic heterocycles. The zero-order chi connectivity index (χ0) is 9.42. The number of hydrogen-bond acceptors (Lipinski definition) is 3. The van der Waals surface area contributed by atoms with Gasteiger partial charge in [-0.15, -0.1) is 0 Å². The maximum atomic E-state index is 11.6. The van der Waals surface area contributed by atoms with Crippen LogP contribution in [0.3, 0.4) is 0 Å². The zero-order valence-electron chi connectivity index (χ0n) is 7.52. The molecule has 4 nitrogen and oxygen atoms in total. The van der Waals surface area contributed by atoms with Crippen molar-refractivity contribution in [3.63, 3.8) is 0 Å². The molecule has 4 heteroatoms. The van der Waals surface area contributed by atoms with Crippen LogP contribution in [0.4, 0.5) is 0 Å². The predicted octanol–water partition coefficient (Wildman–Crippen LogP) is 0.812. The molecule has 1 atom stereocenters. The third-order valence-electron chi connectivity index (χ3n) is 2.20. The summed E-state index contributed by atoms with van der Waals surface area (Å²) in [5.74, 6) is -0.0325. The lowest BCUT2D eigenvalue weighted by Crippen LogP contribution is -2.24. The Morgan fingerprint density at radius 2 is 2.38 bits per heavy atom. The third-order valence-corrected chi connectivity index (χ3v) is 2.20. The molecule has 1 amide bonds. The van der Waals surface area contributed by atoms with Crippen molar-refractivity contribution in [3.05, 3.63) is 29.6 Å². The molecule has 2 rings (SSSR count). The number of carbonyl (C=O) groups is 1. The van der Waals surface area contributed by atoms with Crippen LogP contribution in [0, 0.1) is 0 Å². The van der Waals surface area contributed by atoms with Gasteiger partial charge in [0.05, 0.1) is 5.56 Å². The van der Waals surface area contributed by atoms with Crippen LogP contribution in [-0.4, -0.2) is 29.9 Å². The minimum absolute atomic E-state index is 0.0325. The van der Waals surface area contributed by atoms with E-state index < -0.39 is 0 Å². The predicted molar refractivity (Wildman–Crippen MR) is 46.1 cm³/mol. The number of ether oxygens (including phenoxy) is 1. The van der Waals surface area contributed by atoms with Gasteiger partial charge in [0, 0.05) is 20.4 Å². The lowest BCUT2D eigenvalue weighted by molar-refractivity contribution is -0.00266. The highest BCUT2D eigenvalue weighted by Gasteiger charge is 2.34. The monoisotopic (exact) mass is 178 g/mol. The molecule has 0 radical (unpaired) electrons. The van der Waals surface area contributed by atoms with Gasteiger partial charge in [0.1, 0.15) is 5.69 Å². The number of hydrogen-bond donors (Lipinski definition) is 0. The molecular formula is C9H10N2O2. The average molecular weight is 178 g/mol. The summed E-state index contributed by atoms with van der Waals surface area (Å²) in [7, 11) is 3.27. The lowest BCUT2D eigenvalue weighted by Gasteiger charge is -2.17. The number of carbonyl (C=O) groups excluding carboxylic acids is 1. The van der Waals surface area contributed by atoms with Gasteiger partial charge in [0.15, 0.2) is 6.23 Å². The maximum absolute atomic E-state index is 11.6. The van der Waals surface area contributed by atoms with E-state index in [-0.39, 0.29) is 12.1 Å². The summed E-state index contributed by atoms with van der Waals surface area (Å²) >= 11 is 0. The standard InChI is InChI=1S/C9H10N2O2/c1-11-8(12)6-4-3-5-10-7(6)9(11)13-2/h3-5,9H,1-2H3. The summed E-state index contributed by atoms with van der Waals surface area (Å²) in [6, 6.07) is 3.52. The van der Waals surface area contributed by atoms with E-state index in [4.69, 9.17) is 4.74 Å². The number of pyridine rings is 1. The first-order valence-electron chi connectivity index (χ1n) is 4.00.